The van der Waals surface area contributed by atoms with Gasteiger partial charge in [-0.25, -0.2) is 0 Å². The Bertz CT molecular complexity index is 632. The van der Waals surface area contributed by atoms with Crippen LogP contribution in [-0.2, 0) is 14.3 Å². The van der Waals surface area contributed by atoms with Crippen LogP contribution in [-0.4, -0.2) is 70.7 Å². The number of aliphatic hydroxyl groups is 1. The van der Waals surface area contributed by atoms with Crippen LogP contribution in [0.1, 0.15) is 110 Å². The largest absolute Gasteiger partial charge is 0.390 e. The van der Waals surface area contributed by atoms with Crippen molar-refractivity contribution in [1.82, 2.24) is 9.80 Å². The third kappa shape index (κ3) is 8.72. The minimum Gasteiger partial charge on any atom is -0.390 e. The lowest BCUT2D eigenvalue weighted by Crippen LogP contribution is -2.40. The first-order chi connectivity index (χ1) is 16.4. The summed E-state index contributed by atoms with van der Waals surface area (Å²) >= 11 is 5.60. The fourth-order valence-electron chi connectivity index (χ4n) is 5.81. The Morgan fingerprint density at radius 2 is 1.76 bits per heavy atom. The molecule has 2 saturated heterocycles. The average Bonchev–Trinajstić information content (AvgIpc) is 3.03. The summed E-state index contributed by atoms with van der Waals surface area (Å²) in [6.07, 6.45) is 17.7. The lowest BCUT2D eigenvalue weighted by molar-refractivity contribution is -0.162. The maximum Gasteiger partial charge on any atom is 0.251 e. The average molecular weight is 497 g/mol. The Kier molecular flexibility index (Phi) is 11.5. The number of thiocarbonyl (C=S) groups is 1. The maximum absolute atomic E-state index is 12.8. The smallest absolute Gasteiger partial charge is 0.251 e. The van der Waals surface area contributed by atoms with Crippen LogP contribution in [0.3, 0.4) is 0 Å². The quantitative estimate of drug-likeness (QED) is 0.256. The molecule has 1 aliphatic carbocycles. The van der Waals surface area contributed by atoms with E-state index in [1.807, 2.05) is 6.92 Å². The third-order valence-corrected chi connectivity index (χ3v) is 8.44. The molecular weight excluding hydrogens is 448 g/mol. The number of unbranched alkanes of at least 4 members (excludes halogenated alkanes) is 4. The van der Waals surface area contributed by atoms with Crippen molar-refractivity contribution in [2.24, 2.45) is 5.92 Å². The number of amides is 1. The van der Waals surface area contributed by atoms with Gasteiger partial charge in [0, 0.05) is 26.8 Å². The van der Waals surface area contributed by atoms with Gasteiger partial charge in [0.1, 0.15) is 6.04 Å². The highest BCUT2D eigenvalue weighted by atomic mass is 32.1. The molecule has 3 fully saturated rings. The number of hydrogen-bond acceptors (Lipinski definition) is 5. The highest BCUT2D eigenvalue weighted by molar-refractivity contribution is 7.80. The summed E-state index contributed by atoms with van der Waals surface area (Å²) in [6, 6.07) is -0.172. The molecule has 2 aliphatic heterocycles. The van der Waals surface area contributed by atoms with E-state index in [0.29, 0.717) is 24.0 Å². The number of likely N-dealkylation sites (N-methyl/N-ethyl adjacent to an activating group) is 1. The summed E-state index contributed by atoms with van der Waals surface area (Å²) in [4.78, 5) is 16.5. The minimum atomic E-state index is -0.697. The van der Waals surface area contributed by atoms with E-state index in [4.69, 9.17) is 21.7 Å². The zero-order valence-corrected chi connectivity index (χ0v) is 22.5. The molecule has 0 bridgehead atoms. The van der Waals surface area contributed by atoms with Crippen molar-refractivity contribution in [2.45, 2.75) is 128 Å². The molecule has 3 atom stereocenters. The van der Waals surface area contributed by atoms with Gasteiger partial charge in [0.15, 0.2) is 11.4 Å². The molecule has 0 aromatic heterocycles. The summed E-state index contributed by atoms with van der Waals surface area (Å²) in [5.41, 5.74) is -0.697. The van der Waals surface area contributed by atoms with Gasteiger partial charge in [0.2, 0.25) is 0 Å². The van der Waals surface area contributed by atoms with Gasteiger partial charge in [0.05, 0.1) is 5.60 Å². The second-order valence-corrected chi connectivity index (χ2v) is 11.4. The lowest BCUT2D eigenvalue weighted by atomic mass is 9.80. The number of ether oxygens (including phenoxy) is 2. The molecule has 1 amide bonds. The molecular formula is C27H48N2O4S. The Hall–Kier alpha value is -0.760. The van der Waals surface area contributed by atoms with Crippen LogP contribution in [0, 0.1) is 5.92 Å². The van der Waals surface area contributed by atoms with Gasteiger partial charge < -0.3 is 19.5 Å². The SMILES string of the molecule is CN1C(=O)C(CCCCCCCOC2CCCCO2)N(CCC(C)(O)CC2CCCCC2)C1=S. The fourth-order valence-corrected chi connectivity index (χ4v) is 6.12. The van der Waals surface area contributed by atoms with Gasteiger partial charge >= 0.3 is 0 Å². The van der Waals surface area contributed by atoms with Crippen LogP contribution >= 0.6 is 12.2 Å². The zero-order chi connectivity index (χ0) is 24.4. The van der Waals surface area contributed by atoms with Crippen LogP contribution in [0.2, 0.25) is 0 Å². The molecule has 2 heterocycles. The number of carbonyl (C=O) groups is 1. The molecule has 3 unspecified atom stereocenters. The summed E-state index contributed by atoms with van der Waals surface area (Å²) in [5, 5.41) is 11.7. The van der Waals surface area contributed by atoms with Crippen molar-refractivity contribution in [3.63, 3.8) is 0 Å². The summed E-state index contributed by atoms with van der Waals surface area (Å²) < 4.78 is 11.4. The fraction of sp³-hybridized carbons (Fsp3) is 0.926. The molecule has 0 radical (unpaired) electrons. The Morgan fingerprint density at radius 1 is 1.06 bits per heavy atom. The molecule has 3 aliphatic rings. The predicted molar refractivity (Wildman–Crippen MR) is 140 cm³/mol. The van der Waals surface area contributed by atoms with E-state index in [2.05, 4.69) is 4.90 Å². The van der Waals surface area contributed by atoms with Gasteiger partial charge in [-0.3, -0.25) is 9.69 Å². The first-order valence-electron chi connectivity index (χ1n) is 13.9. The minimum absolute atomic E-state index is 0.0115. The van der Waals surface area contributed by atoms with Gasteiger partial charge in [-0.05, 0) is 70.0 Å². The zero-order valence-electron chi connectivity index (χ0n) is 21.6. The van der Waals surface area contributed by atoms with Crippen LogP contribution in [0.4, 0.5) is 0 Å². The van der Waals surface area contributed by atoms with Crippen LogP contribution < -0.4 is 0 Å². The van der Waals surface area contributed by atoms with E-state index in [1.54, 1.807) is 11.9 Å². The summed E-state index contributed by atoms with van der Waals surface area (Å²) in [7, 11) is 1.79. The van der Waals surface area contributed by atoms with Gasteiger partial charge in [-0.15, -0.1) is 0 Å². The number of carbonyl (C=O) groups excluding carboxylic acids is 1. The lowest BCUT2D eigenvalue weighted by Gasteiger charge is -2.33. The Labute approximate surface area is 212 Å². The molecule has 7 heteroatoms. The molecule has 3 rings (SSSR count). The highest BCUT2D eigenvalue weighted by Gasteiger charge is 2.40. The molecule has 196 valence electrons. The molecule has 0 spiro atoms. The first-order valence-corrected chi connectivity index (χ1v) is 14.3. The van der Waals surface area contributed by atoms with Crippen LogP contribution in [0.25, 0.3) is 0 Å². The topological polar surface area (TPSA) is 62.2 Å². The van der Waals surface area contributed by atoms with E-state index in [0.717, 1.165) is 71.0 Å². The van der Waals surface area contributed by atoms with Crippen molar-refractivity contribution in [3.05, 3.63) is 0 Å². The van der Waals surface area contributed by atoms with Crippen molar-refractivity contribution in [1.29, 1.82) is 0 Å². The predicted octanol–water partition coefficient (Wildman–Crippen LogP) is 5.41. The van der Waals surface area contributed by atoms with Gasteiger partial charge in [-0.2, -0.15) is 0 Å². The second-order valence-electron chi connectivity index (χ2n) is 11.1. The van der Waals surface area contributed by atoms with Crippen LogP contribution in [0.15, 0.2) is 0 Å². The highest BCUT2D eigenvalue weighted by Crippen LogP contribution is 2.33. The summed E-state index contributed by atoms with van der Waals surface area (Å²) in [6.45, 7) is 4.23. The third-order valence-electron chi connectivity index (χ3n) is 7.93. The Balaban J connectivity index is 1.33. The normalized spacial score (nSPS) is 26.3. The number of rotatable bonds is 14. The second kappa shape index (κ2) is 14.1. The van der Waals surface area contributed by atoms with E-state index in [-0.39, 0.29) is 18.2 Å². The molecule has 6 nitrogen and oxygen atoms in total. The first kappa shape index (κ1) is 27.8. The maximum atomic E-state index is 12.8. The molecule has 0 aromatic rings. The van der Waals surface area contributed by atoms with E-state index < -0.39 is 5.60 Å². The summed E-state index contributed by atoms with van der Waals surface area (Å²) in [5.74, 6) is 0.743. The van der Waals surface area contributed by atoms with Gasteiger partial charge in [-0.1, -0.05) is 57.8 Å². The van der Waals surface area contributed by atoms with Crippen molar-refractivity contribution in [3.8, 4) is 0 Å². The van der Waals surface area contributed by atoms with Crippen molar-refractivity contribution in [2.75, 3.05) is 26.8 Å². The number of hydrogen-bond donors (Lipinski definition) is 1. The molecule has 1 N–H and O–H groups in total. The molecule has 34 heavy (non-hydrogen) atoms. The molecule has 1 saturated carbocycles. The van der Waals surface area contributed by atoms with Crippen molar-refractivity contribution >= 4 is 23.2 Å². The molecule has 0 aromatic carbocycles. The monoisotopic (exact) mass is 496 g/mol. The van der Waals surface area contributed by atoms with E-state index in [1.165, 1.54) is 38.5 Å². The van der Waals surface area contributed by atoms with Crippen LogP contribution in [0.5, 0.6) is 0 Å². The van der Waals surface area contributed by atoms with E-state index >= 15 is 0 Å². The number of nitrogens with zero attached hydrogens (tertiary/aromatic N) is 2. The van der Waals surface area contributed by atoms with Crippen molar-refractivity contribution < 1.29 is 19.4 Å². The van der Waals surface area contributed by atoms with Gasteiger partial charge in [0.25, 0.3) is 5.91 Å². The standard InChI is InChI=1S/C27H48N2O4S/c1-27(31,21-22-13-7-6-8-14-22)17-18-29-23(25(30)28(2)26(29)34)15-9-4-3-5-11-19-32-24-16-10-12-20-33-24/h22-24,31H,3-21H2,1-2H3. The Morgan fingerprint density at radius 3 is 2.50 bits per heavy atom. The van der Waals surface area contributed by atoms with E-state index in [9.17, 15) is 9.90 Å².